The van der Waals surface area contributed by atoms with E-state index < -0.39 is 0 Å². The molecule has 1 aromatic heterocycles. The van der Waals surface area contributed by atoms with Crippen LogP contribution in [0.3, 0.4) is 0 Å². The van der Waals surface area contributed by atoms with E-state index in [4.69, 9.17) is 5.73 Å². The van der Waals surface area contributed by atoms with E-state index in [0.29, 0.717) is 23.5 Å². The number of nitrogens with two attached hydrogens (primary N) is 1. The zero-order valence-corrected chi connectivity index (χ0v) is 15.1. The van der Waals surface area contributed by atoms with Crippen LogP contribution in [0.15, 0.2) is 89.7 Å². The molecule has 3 aromatic carbocycles. The first kappa shape index (κ1) is 17.5. The first-order valence-electron chi connectivity index (χ1n) is 8.95. The third-order valence-corrected chi connectivity index (χ3v) is 4.66. The summed E-state index contributed by atoms with van der Waals surface area (Å²) in [6.07, 6.45) is 0. The molecule has 0 atom stereocenters. The van der Waals surface area contributed by atoms with E-state index in [0.717, 1.165) is 16.5 Å². The van der Waals surface area contributed by atoms with Crippen molar-refractivity contribution in [2.24, 2.45) is 0 Å². The number of nitrogen functional groups attached to an aromatic ring is 1. The average molecular weight is 369 g/mol. The van der Waals surface area contributed by atoms with Crippen molar-refractivity contribution in [1.82, 2.24) is 4.57 Å². The van der Waals surface area contributed by atoms with Gasteiger partial charge in [-0.05, 0) is 47.3 Å². The SMILES string of the molecule is Nc1ccccc1NC(=O)c1ccc(Cn2c(=O)ccc3ccccc32)cc1. The van der Waals surface area contributed by atoms with Crippen LogP contribution in [-0.4, -0.2) is 10.5 Å². The second kappa shape index (κ2) is 7.40. The van der Waals surface area contributed by atoms with E-state index in [1.54, 1.807) is 34.9 Å². The minimum absolute atomic E-state index is 0.0555. The highest BCUT2D eigenvalue weighted by Gasteiger charge is 2.09. The van der Waals surface area contributed by atoms with Gasteiger partial charge in [0.15, 0.2) is 0 Å². The predicted octanol–water partition coefficient (Wildman–Crippen LogP) is 3.88. The van der Waals surface area contributed by atoms with Crippen LogP contribution in [0.2, 0.25) is 0 Å². The van der Waals surface area contributed by atoms with Crippen LogP contribution in [0.25, 0.3) is 10.9 Å². The number of nitrogens with one attached hydrogen (secondary N) is 1. The number of para-hydroxylation sites is 3. The summed E-state index contributed by atoms with van der Waals surface area (Å²) < 4.78 is 1.73. The van der Waals surface area contributed by atoms with Crippen LogP contribution < -0.4 is 16.6 Å². The zero-order valence-electron chi connectivity index (χ0n) is 15.1. The molecule has 0 aliphatic rings. The Balaban J connectivity index is 1.56. The third kappa shape index (κ3) is 3.50. The van der Waals surface area contributed by atoms with Gasteiger partial charge in [-0.2, -0.15) is 0 Å². The number of rotatable bonds is 4. The van der Waals surface area contributed by atoms with Gasteiger partial charge in [0.1, 0.15) is 0 Å². The molecule has 5 heteroatoms. The van der Waals surface area contributed by atoms with Crippen molar-refractivity contribution in [3.05, 3.63) is 106 Å². The van der Waals surface area contributed by atoms with Crippen molar-refractivity contribution >= 4 is 28.2 Å². The van der Waals surface area contributed by atoms with Crippen LogP contribution in [0, 0.1) is 0 Å². The molecule has 4 rings (SSSR count). The topological polar surface area (TPSA) is 77.1 Å². The molecule has 0 spiro atoms. The summed E-state index contributed by atoms with van der Waals surface area (Å²) in [6.45, 7) is 0.438. The van der Waals surface area contributed by atoms with Crippen molar-refractivity contribution in [3.8, 4) is 0 Å². The maximum Gasteiger partial charge on any atom is 0.255 e. The maximum absolute atomic E-state index is 12.4. The predicted molar refractivity (Wildman–Crippen MR) is 113 cm³/mol. The fourth-order valence-electron chi connectivity index (χ4n) is 3.16. The lowest BCUT2D eigenvalue weighted by Gasteiger charge is -2.11. The number of amides is 1. The van der Waals surface area contributed by atoms with Gasteiger partial charge in [-0.15, -0.1) is 0 Å². The fraction of sp³-hybridized carbons (Fsp3) is 0.0435. The summed E-state index contributed by atoms with van der Waals surface area (Å²) in [7, 11) is 0. The number of fused-ring (bicyclic) bond motifs is 1. The number of carbonyl (C=O) groups is 1. The van der Waals surface area contributed by atoms with Crippen LogP contribution in [0.5, 0.6) is 0 Å². The van der Waals surface area contributed by atoms with Crippen molar-refractivity contribution < 1.29 is 4.79 Å². The molecule has 28 heavy (non-hydrogen) atoms. The molecule has 0 saturated heterocycles. The lowest BCUT2D eigenvalue weighted by molar-refractivity contribution is 0.102. The van der Waals surface area contributed by atoms with E-state index >= 15 is 0 Å². The molecule has 0 saturated carbocycles. The molecule has 1 amide bonds. The molecule has 0 bridgehead atoms. The number of hydrogen-bond acceptors (Lipinski definition) is 3. The molecular formula is C23H19N3O2. The van der Waals surface area contributed by atoms with E-state index in [1.165, 1.54) is 0 Å². The number of anilines is 2. The normalized spacial score (nSPS) is 10.7. The van der Waals surface area contributed by atoms with Crippen molar-refractivity contribution in [2.75, 3.05) is 11.1 Å². The lowest BCUT2D eigenvalue weighted by atomic mass is 10.1. The Morgan fingerprint density at radius 2 is 1.57 bits per heavy atom. The average Bonchev–Trinajstić information content (AvgIpc) is 2.72. The fourth-order valence-corrected chi connectivity index (χ4v) is 3.16. The number of pyridine rings is 1. The number of aromatic nitrogens is 1. The van der Waals surface area contributed by atoms with Crippen molar-refractivity contribution in [1.29, 1.82) is 0 Å². The number of benzene rings is 3. The Morgan fingerprint density at radius 1 is 0.857 bits per heavy atom. The second-order valence-corrected chi connectivity index (χ2v) is 6.55. The van der Waals surface area contributed by atoms with Crippen molar-refractivity contribution in [3.63, 3.8) is 0 Å². The molecular weight excluding hydrogens is 350 g/mol. The Labute approximate surface area is 162 Å². The van der Waals surface area contributed by atoms with Gasteiger partial charge in [0.25, 0.3) is 11.5 Å². The molecule has 0 aliphatic heterocycles. The largest absolute Gasteiger partial charge is 0.397 e. The highest BCUT2D eigenvalue weighted by molar-refractivity contribution is 6.05. The van der Waals surface area contributed by atoms with E-state index in [9.17, 15) is 9.59 Å². The van der Waals surface area contributed by atoms with Gasteiger partial charge in [0.05, 0.1) is 23.4 Å². The Morgan fingerprint density at radius 3 is 2.36 bits per heavy atom. The first-order chi connectivity index (χ1) is 13.6. The molecule has 0 fully saturated rings. The summed E-state index contributed by atoms with van der Waals surface area (Å²) in [6, 6.07) is 25.5. The zero-order chi connectivity index (χ0) is 19.5. The van der Waals surface area contributed by atoms with E-state index in [-0.39, 0.29) is 11.5 Å². The quantitative estimate of drug-likeness (QED) is 0.536. The highest BCUT2D eigenvalue weighted by Crippen LogP contribution is 2.18. The molecule has 0 aliphatic carbocycles. The van der Waals surface area contributed by atoms with Crippen molar-refractivity contribution in [2.45, 2.75) is 6.54 Å². The van der Waals surface area contributed by atoms with Gasteiger partial charge in [-0.1, -0.05) is 42.5 Å². The maximum atomic E-state index is 12.4. The molecule has 3 N–H and O–H groups in total. The summed E-state index contributed by atoms with van der Waals surface area (Å²) in [5.74, 6) is -0.230. The second-order valence-electron chi connectivity index (χ2n) is 6.55. The number of carbonyl (C=O) groups excluding carboxylic acids is 1. The number of nitrogens with zero attached hydrogens (tertiary/aromatic N) is 1. The first-order valence-corrected chi connectivity index (χ1v) is 8.95. The third-order valence-electron chi connectivity index (χ3n) is 4.66. The minimum Gasteiger partial charge on any atom is -0.397 e. The number of hydrogen-bond donors (Lipinski definition) is 2. The van der Waals surface area contributed by atoms with Crippen LogP contribution in [0.4, 0.5) is 11.4 Å². The summed E-state index contributed by atoms with van der Waals surface area (Å²) >= 11 is 0. The lowest BCUT2D eigenvalue weighted by Crippen LogP contribution is -2.20. The summed E-state index contributed by atoms with van der Waals surface area (Å²) in [4.78, 5) is 24.8. The standard InChI is InChI=1S/C23H19N3O2/c24-19-6-2-3-7-20(19)25-23(28)18-11-9-16(10-12-18)15-26-21-8-4-1-5-17(21)13-14-22(26)27/h1-14H,15,24H2,(H,25,28). The molecule has 138 valence electrons. The molecule has 5 nitrogen and oxygen atoms in total. The van der Waals surface area contributed by atoms with Gasteiger partial charge in [0.2, 0.25) is 0 Å². The van der Waals surface area contributed by atoms with Gasteiger partial charge < -0.3 is 15.6 Å². The summed E-state index contributed by atoms with van der Waals surface area (Å²) in [5, 5.41) is 3.82. The monoisotopic (exact) mass is 369 g/mol. The van der Waals surface area contributed by atoms with E-state index in [1.807, 2.05) is 54.6 Å². The Hall–Kier alpha value is -3.86. The van der Waals surface area contributed by atoms with Crippen LogP contribution >= 0.6 is 0 Å². The molecule has 0 unspecified atom stereocenters. The minimum atomic E-state index is -0.230. The van der Waals surface area contributed by atoms with Crippen LogP contribution in [-0.2, 0) is 6.54 Å². The Bertz CT molecular complexity index is 1210. The highest BCUT2D eigenvalue weighted by atomic mass is 16.1. The molecule has 1 heterocycles. The van der Waals surface area contributed by atoms with E-state index in [2.05, 4.69) is 5.32 Å². The van der Waals surface area contributed by atoms with Crippen LogP contribution in [0.1, 0.15) is 15.9 Å². The summed E-state index contributed by atoms with van der Waals surface area (Å²) in [5.41, 5.74) is 9.26. The van der Waals surface area contributed by atoms with Gasteiger partial charge in [-0.25, -0.2) is 0 Å². The molecule has 0 radical (unpaired) electrons. The Kier molecular flexibility index (Phi) is 4.64. The molecule has 4 aromatic rings. The smallest absolute Gasteiger partial charge is 0.255 e. The van der Waals surface area contributed by atoms with Gasteiger partial charge >= 0.3 is 0 Å². The van der Waals surface area contributed by atoms with Gasteiger partial charge in [0, 0.05) is 11.6 Å². The van der Waals surface area contributed by atoms with Gasteiger partial charge in [-0.3, -0.25) is 9.59 Å².